The second-order valence-corrected chi connectivity index (χ2v) is 19.4. The second-order valence-electron chi connectivity index (χ2n) is 19.4. The van der Waals surface area contributed by atoms with Crippen molar-refractivity contribution < 1.29 is 23.2 Å². The molecule has 2 atom stereocenters. The van der Waals surface area contributed by atoms with Crippen molar-refractivity contribution >= 4 is 57.3 Å². The summed E-state index contributed by atoms with van der Waals surface area (Å²) in [6.45, 7) is 4.16. The number of fused-ring (bicyclic) bond motifs is 3. The SMILES string of the molecule is CNc1cc(N2CCc3c(C4CCC(CN5CC[C@@H](N6CCN(c7ccc8c(c7)n(C)c(=O)n8C7CCC(=O)NC7=O)CC6)C(F)(F)C5)CC4)cccc32)nn2c(C(=O)NC3CC3)cnc12. The number of hydrogen-bond donors (Lipinski definition) is 3. The lowest BCUT2D eigenvalue weighted by Gasteiger charge is -2.47. The van der Waals surface area contributed by atoms with E-state index in [0.717, 1.165) is 74.4 Å². The van der Waals surface area contributed by atoms with Gasteiger partial charge in [-0.25, -0.2) is 23.1 Å². The molecule has 4 aliphatic heterocycles. The van der Waals surface area contributed by atoms with Crippen molar-refractivity contribution in [3.63, 3.8) is 0 Å². The molecule has 1 unspecified atom stereocenters. The summed E-state index contributed by atoms with van der Waals surface area (Å²) in [5.41, 5.74) is 7.62. The first-order valence-corrected chi connectivity index (χ1v) is 23.8. The van der Waals surface area contributed by atoms with Crippen molar-refractivity contribution in [1.29, 1.82) is 0 Å². The van der Waals surface area contributed by atoms with Crippen LogP contribution in [0.5, 0.6) is 0 Å². The first kappa shape index (κ1) is 42.7. The van der Waals surface area contributed by atoms with Gasteiger partial charge in [-0.15, -0.1) is 5.10 Å². The zero-order chi connectivity index (χ0) is 45.4. The van der Waals surface area contributed by atoms with Crippen LogP contribution in [-0.4, -0.2) is 129 Å². The topological polar surface area (TPSA) is 157 Å². The molecule has 5 fully saturated rings. The predicted octanol–water partition coefficient (Wildman–Crippen LogP) is 4.79. The highest BCUT2D eigenvalue weighted by molar-refractivity contribution is 6.00. The molecule has 3 amide bonds. The van der Waals surface area contributed by atoms with Gasteiger partial charge in [0.15, 0.2) is 17.2 Å². The molecule has 66 heavy (non-hydrogen) atoms. The van der Waals surface area contributed by atoms with Gasteiger partial charge in [-0.05, 0) is 105 Å². The molecule has 2 aromatic carbocycles. The highest BCUT2D eigenvalue weighted by Crippen LogP contribution is 2.44. The number of piperazine rings is 1. The van der Waals surface area contributed by atoms with Crippen LogP contribution in [0.25, 0.3) is 16.7 Å². The van der Waals surface area contributed by atoms with E-state index in [9.17, 15) is 19.2 Å². The molecule has 6 aliphatic rings. The van der Waals surface area contributed by atoms with Gasteiger partial charge < -0.3 is 20.4 Å². The lowest BCUT2D eigenvalue weighted by atomic mass is 9.77. The molecule has 3 N–H and O–H groups in total. The third kappa shape index (κ3) is 7.68. The van der Waals surface area contributed by atoms with Gasteiger partial charge in [-0.2, -0.15) is 0 Å². The Labute approximate surface area is 381 Å². The number of hydrogen-bond acceptors (Lipinski definition) is 11. The Morgan fingerprint density at radius 1 is 0.894 bits per heavy atom. The van der Waals surface area contributed by atoms with Gasteiger partial charge in [0, 0.05) is 89.8 Å². The van der Waals surface area contributed by atoms with E-state index in [0.29, 0.717) is 79.9 Å². The summed E-state index contributed by atoms with van der Waals surface area (Å²) in [6, 6.07) is 13.0. The van der Waals surface area contributed by atoms with Crippen molar-refractivity contribution in [3.05, 3.63) is 76.0 Å². The minimum Gasteiger partial charge on any atom is -0.385 e. The summed E-state index contributed by atoms with van der Waals surface area (Å²) in [6.07, 6.45) is 9.49. The number of aromatic nitrogens is 5. The van der Waals surface area contributed by atoms with Crippen LogP contribution in [0, 0.1) is 5.92 Å². The van der Waals surface area contributed by atoms with E-state index >= 15 is 8.78 Å². The molecule has 0 spiro atoms. The molecule has 0 radical (unpaired) electrons. The minimum absolute atomic E-state index is 0.159. The number of amides is 3. The van der Waals surface area contributed by atoms with E-state index in [-0.39, 0.29) is 42.9 Å². The van der Waals surface area contributed by atoms with E-state index < -0.39 is 23.9 Å². The van der Waals surface area contributed by atoms with Crippen molar-refractivity contribution in [1.82, 2.24) is 44.2 Å². The monoisotopic (exact) mass is 904 g/mol. The molecule has 0 bridgehead atoms. The molecular formula is C48H58F2N12O4. The summed E-state index contributed by atoms with van der Waals surface area (Å²) in [4.78, 5) is 63.7. The largest absolute Gasteiger partial charge is 0.385 e. The van der Waals surface area contributed by atoms with Crippen LogP contribution in [0.1, 0.15) is 91.4 Å². The summed E-state index contributed by atoms with van der Waals surface area (Å²) in [7, 11) is 3.53. The van der Waals surface area contributed by atoms with Crippen molar-refractivity contribution in [3.8, 4) is 0 Å². The van der Waals surface area contributed by atoms with Crippen LogP contribution in [0.4, 0.5) is 31.7 Å². The highest BCUT2D eigenvalue weighted by atomic mass is 19.3. The number of benzene rings is 2. The Morgan fingerprint density at radius 2 is 1.70 bits per heavy atom. The smallest absolute Gasteiger partial charge is 0.329 e. The second kappa shape index (κ2) is 16.8. The van der Waals surface area contributed by atoms with E-state index in [1.165, 1.54) is 20.3 Å². The molecule has 11 rings (SSSR count). The molecule has 348 valence electrons. The number of anilines is 4. The maximum absolute atomic E-state index is 16.1. The maximum Gasteiger partial charge on any atom is 0.329 e. The number of likely N-dealkylation sites (tertiary alicyclic amines) is 1. The lowest BCUT2D eigenvalue weighted by Crippen LogP contribution is -2.62. The number of imidazole rings is 2. The van der Waals surface area contributed by atoms with Crippen LogP contribution >= 0.6 is 0 Å². The Balaban J connectivity index is 0.690. The molecule has 5 aromatic rings. The summed E-state index contributed by atoms with van der Waals surface area (Å²) in [5, 5.41) is 13.6. The van der Waals surface area contributed by atoms with Gasteiger partial charge in [0.2, 0.25) is 11.8 Å². The first-order valence-electron chi connectivity index (χ1n) is 23.8. The third-order valence-corrected chi connectivity index (χ3v) is 15.4. The van der Waals surface area contributed by atoms with Crippen LogP contribution < -0.4 is 31.4 Å². The standard InChI is InChI=1S/C48H58F2N12O4/c1-51-35-25-42(55-62-40(26-52-44(35)62)46(65)53-31-10-11-31)60-19-16-34-33(4-3-5-36(34)60)30-8-6-29(7-9-30)27-57-18-17-41(48(49,50)28-57)59-22-20-58(21-23-59)32-12-13-37-39(24-32)56(2)47(66)61(37)38-14-15-43(63)54-45(38)64/h3-5,12-13,24-26,29-31,38,41,51H,6-11,14-23,27-28H2,1-2H3,(H,53,65)(H,54,63,64)/t29?,30?,38?,41-/m1/s1. The molecule has 7 heterocycles. The molecule has 16 nitrogen and oxygen atoms in total. The average molecular weight is 905 g/mol. The number of carbonyl (C=O) groups is 3. The van der Waals surface area contributed by atoms with Gasteiger partial charge in [-0.3, -0.25) is 38.6 Å². The van der Waals surface area contributed by atoms with Crippen molar-refractivity contribution in [2.45, 2.75) is 94.2 Å². The van der Waals surface area contributed by atoms with Crippen LogP contribution in [0.15, 0.2) is 53.5 Å². The molecule has 2 aliphatic carbocycles. The summed E-state index contributed by atoms with van der Waals surface area (Å²) >= 11 is 0. The van der Waals surface area contributed by atoms with Crippen molar-refractivity contribution in [2.75, 3.05) is 74.5 Å². The number of carbonyl (C=O) groups excluding carboxylic acids is 3. The Morgan fingerprint density at radius 3 is 2.44 bits per heavy atom. The maximum atomic E-state index is 16.1. The number of aryl methyl sites for hydroxylation is 1. The highest BCUT2D eigenvalue weighted by Gasteiger charge is 2.48. The fraction of sp³-hybridized carbons (Fsp3) is 0.542. The van der Waals surface area contributed by atoms with Crippen LogP contribution in [-0.2, 0) is 23.1 Å². The van der Waals surface area contributed by atoms with Gasteiger partial charge in [0.25, 0.3) is 11.8 Å². The first-order chi connectivity index (χ1) is 31.9. The number of nitrogens with zero attached hydrogens (tertiary/aromatic N) is 9. The number of piperidine rings is 2. The summed E-state index contributed by atoms with van der Waals surface area (Å²) < 4.78 is 36.9. The quantitative estimate of drug-likeness (QED) is 0.166. The van der Waals surface area contributed by atoms with Crippen molar-refractivity contribution in [2.24, 2.45) is 13.0 Å². The van der Waals surface area contributed by atoms with Gasteiger partial charge in [0.1, 0.15) is 6.04 Å². The number of rotatable bonds is 10. The van der Waals surface area contributed by atoms with E-state index in [1.54, 1.807) is 17.8 Å². The third-order valence-electron chi connectivity index (χ3n) is 15.4. The average Bonchev–Trinajstić information content (AvgIpc) is 3.74. The number of alkyl halides is 2. The Hall–Kier alpha value is -5.88. The molecule has 18 heteroatoms. The molecule has 2 saturated carbocycles. The van der Waals surface area contributed by atoms with E-state index in [4.69, 9.17) is 5.10 Å². The predicted molar refractivity (Wildman–Crippen MR) is 247 cm³/mol. The van der Waals surface area contributed by atoms with Gasteiger partial charge >= 0.3 is 5.69 Å². The number of nitrogens with one attached hydrogen (secondary N) is 3. The Kier molecular flexibility index (Phi) is 10.9. The fourth-order valence-corrected chi connectivity index (χ4v) is 11.7. The summed E-state index contributed by atoms with van der Waals surface area (Å²) in [5.74, 6) is -2.21. The lowest BCUT2D eigenvalue weighted by molar-refractivity contribution is -0.135. The normalized spacial score (nSPS) is 25.1. The van der Waals surface area contributed by atoms with Gasteiger partial charge in [-0.1, -0.05) is 12.1 Å². The number of halogens is 2. The molecule has 3 saturated heterocycles. The Bertz CT molecular complexity index is 2780. The van der Waals surface area contributed by atoms with E-state index in [1.807, 2.05) is 41.1 Å². The van der Waals surface area contributed by atoms with Gasteiger partial charge in [0.05, 0.1) is 35.5 Å². The molecular weight excluding hydrogens is 847 g/mol. The number of imide groups is 1. The minimum atomic E-state index is -2.82. The zero-order valence-electron chi connectivity index (χ0n) is 37.6. The van der Waals surface area contributed by atoms with Crippen LogP contribution in [0.2, 0.25) is 0 Å². The van der Waals surface area contributed by atoms with E-state index in [2.05, 4.69) is 48.9 Å². The molecule has 3 aromatic heterocycles. The van der Waals surface area contributed by atoms with Crippen LogP contribution in [0.3, 0.4) is 0 Å². The zero-order valence-corrected chi connectivity index (χ0v) is 37.6. The fourth-order valence-electron chi connectivity index (χ4n) is 11.7.